The molecule has 0 atom stereocenters. The second-order valence-electron chi connectivity index (χ2n) is 4.87. The van der Waals surface area contributed by atoms with E-state index in [0.717, 1.165) is 10.9 Å². The van der Waals surface area contributed by atoms with Gasteiger partial charge in [0.1, 0.15) is 0 Å². The molecule has 22 heavy (non-hydrogen) atoms. The number of hydrogen-bond acceptors (Lipinski definition) is 4. The summed E-state index contributed by atoms with van der Waals surface area (Å²) in [5, 5.41) is 11.5. The van der Waals surface area contributed by atoms with Gasteiger partial charge in [0, 0.05) is 22.7 Å². The zero-order valence-corrected chi connectivity index (χ0v) is 12.1. The van der Waals surface area contributed by atoms with Crippen molar-refractivity contribution < 1.29 is 14.6 Å². The number of benzene rings is 2. The first-order valence-corrected chi connectivity index (χ1v) is 7.02. The molecule has 1 aromatic heterocycles. The van der Waals surface area contributed by atoms with Gasteiger partial charge in [0.2, 0.25) is 6.79 Å². The average molecular weight is 315 g/mol. The lowest BCUT2D eigenvalue weighted by molar-refractivity contribution is 0.174. The van der Waals surface area contributed by atoms with Crippen LogP contribution in [0.15, 0.2) is 41.4 Å². The van der Waals surface area contributed by atoms with E-state index in [0.29, 0.717) is 27.8 Å². The predicted molar refractivity (Wildman–Crippen MR) is 84.8 cm³/mol. The van der Waals surface area contributed by atoms with Crippen LogP contribution in [0, 0.1) is 0 Å². The van der Waals surface area contributed by atoms with Crippen molar-refractivity contribution in [3.8, 4) is 17.4 Å². The van der Waals surface area contributed by atoms with Crippen molar-refractivity contribution in [2.75, 3.05) is 6.79 Å². The van der Waals surface area contributed by atoms with E-state index in [9.17, 15) is 5.11 Å². The van der Waals surface area contributed by atoms with Crippen molar-refractivity contribution in [3.63, 3.8) is 0 Å². The number of fused-ring (bicyclic) bond motifs is 2. The van der Waals surface area contributed by atoms with Gasteiger partial charge in [-0.15, -0.1) is 0 Å². The van der Waals surface area contributed by atoms with Gasteiger partial charge in [-0.3, -0.25) is 4.99 Å². The van der Waals surface area contributed by atoms with E-state index in [4.69, 9.17) is 21.1 Å². The number of nitrogens with one attached hydrogen (secondary N) is 1. The smallest absolute Gasteiger partial charge is 0.231 e. The van der Waals surface area contributed by atoms with Crippen molar-refractivity contribution in [2.45, 2.75) is 0 Å². The van der Waals surface area contributed by atoms with Crippen LogP contribution in [-0.4, -0.2) is 23.1 Å². The van der Waals surface area contributed by atoms with Gasteiger partial charge in [-0.25, -0.2) is 0 Å². The second-order valence-corrected chi connectivity index (χ2v) is 5.31. The van der Waals surface area contributed by atoms with Crippen molar-refractivity contribution >= 4 is 34.4 Å². The summed E-state index contributed by atoms with van der Waals surface area (Å²) in [7, 11) is 0. The van der Waals surface area contributed by atoms with Crippen LogP contribution < -0.4 is 9.47 Å². The molecule has 0 spiro atoms. The summed E-state index contributed by atoms with van der Waals surface area (Å²) in [6.45, 7) is 0.229. The summed E-state index contributed by atoms with van der Waals surface area (Å²) in [6.07, 6.45) is 1.61. The van der Waals surface area contributed by atoms with Crippen LogP contribution in [0.3, 0.4) is 0 Å². The molecule has 2 N–H and O–H groups in total. The van der Waals surface area contributed by atoms with Crippen LogP contribution in [0.2, 0.25) is 5.02 Å². The molecule has 5 nitrogen and oxygen atoms in total. The fourth-order valence-electron chi connectivity index (χ4n) is 2.41. The van der Waals surface area contributed by atoms with Crippen LogP contribution in [-0.2, 0) is 0 Å². The highest BCUT2D eigenvalue weighted by atomic mass is 35.5. The van der Waals surface area contributed by atoms with Gasteiger partial charge in [-0.05, 0) is 24.3 Å². The first kappa shape index (κ1) is 13.0. The molecule has 0 saturated heterocycles. The van der Waals surface area contributed by atoms with Gasteiger partial charge >= 0.3 is 0 Å². The molecule has 0 fully saturated rings. The number of rotatable bonds is 2. The number of aromatic amines is 1. The number of aromatic hydroxyl groups is 1. The lowest BCUT2D eigenvalue weighted by atomic mass is 10.2. The van der Waals surface area contributed by atoms with E-state index in [1.54, 1.807) is 24.4 Å². The number of halogens is 1. The molecule has 2 aromatic carbocycles. The summed E-state index contributed by atoms with van der Waals surface area (Å²) in [5.41, 5.74) is 2.09. The van der Waals surface area contributed by atoms with E-state index >= 15 is 0 Å². The highest BCUT2D eigenvalue weighted by Crippen LogP contribution is 2.35. The van der Waals surface area contributed by atoms with Gasteiger partial charge in [-0.1, -0.05) is 17.7 Å². The van der Waals surface area contributed by atoms with E-state index in [1.165, 1.54) is 0 Å². The zero-order chi connectivity index (χ0) is 15.1. The monoisotopic (exact) mass is 314 g/mol. The molecule has 2 heterocycles. The fraction of sp³-hybridized carbons (Fsp3) is 0.0625. The summed E-state index contributed by atoms with van der Waals surface area (Å²) in [6, 6.07) is 10.8. The van der Waals surface area contributed by atoms with Gasteiger partial charge in [0.25, 0.3) is 0 Å². The van der Waals surface area contributed by atoms with E-state index in [2.05, 4.69) is 9.98 Å². The maximum Gasteiger partial charge on any atom is 0.231 e. The highest BCUT2D eigenvalue weighted by molar-refractivity contribution is 6.31. The highest BCUT2D eigenvalue weighted by Gasteiger charge is 2.13. The summed E-state index contributed by atoms with van der Waals surface area (Å²) in [5.74, 6) is 1.44. The predicted octanol–water partition coefficient (Wildman–Crippen LogP) is 4.01. The third-order valence-corrected chi connectivity index (χ3v) is 3.71. The lowest BCUT2D eigenvalue weighted by Crippen LogP contribution is -1.92. The van der Waals surface area contributed by atoms with Crippen molar-refractivity contribution in [1.29, 1.82) is 0 Å². The van der Waals surface area contributed by atoms with Crippen LogP contribution in [0.5, 0.6) is 17.4 Å². The molecule has 3 aromatic rings. The Morgan fingerprint density at radius 3 is 2.91 bits per heavy atom. The SMILES string of the molecule is Oc1[nH]c2cc(Cl)ccc2c1C=Nc1ccc2c(c1)OCO2. The van der Waals surface area contributed by atoms with Crippen LogP contribution in [0.4, 0.5) is 5.69 Å². The first-order valence-electron chi connectivity index (χ1n) is 6.64. The van der Waals surface area contributed by atoms with Gasteiger partial charge in [0.15, 0.2) is 17.4 Å². The Hall–Kier alpha value is -2.66. The number of H-pyrrole nitrogens is 1. The van der Waals surface area contributed by atoms with E-state index in [-0.39, 0.29) is 12.7 Å². The maximum absolute atomic E-state index is 10.0. The Kier molecular flexibility index (Phi) is 2.94. The quantitative estimate of drug-likeness (QED) is 0.702. The third-order valence-electron chi connectivity index (χ3n) is 3.48. The maximum atomic E-state index is 10.0. The number of aliphatic imine (C=N–C) groups is 1. The van der Waals surface area contributed by atoms with Crippen LogP contribution in [0.1, 0.15) is 5.56 Å². The molecule has 1 aliphatic heterocycles. The lowest BCUT2D eigenvalue weighted by Gasteiger charge is -1.97. The summed E-state index contributed by atoms with van der Waals surface area (Å²) >= 11 is 5.95. The molecule has 0 unspecified atom stereocenters. The molecular formula is C16H11ClN2O3. The third kappa shape index (κ3) is 2.16. The van der Waals surface area contributed by atoms with Gasteiger partial charge in [-0.2, -0.15) is 0 Å². The molecule has 4 rings (SSSR count). The standard InChI is InChI=1S/C16H11ClN2O3/c17-9-1-3-11-12(16(20)19-13(11)5-9)7-18-10-2-4-14-15(6-10)22-8-21-14/h1-7,19-20H,8H2. The molecule has 0 saturated carbocycles. The molecule has 0 amide bonds. The largest absolute Gasteiger partial charge is 0.494 e. The Morgan fingerprint density at radius 2 is 2.00 bits per heavy atom. The molecule has 0 aliphatic carbocycles. The molecule has 110 valence electrons. The summed E-state index contributed by atoms with van der Waals surface area (Å²) < 4.78 is 10.6. The van der Waals surface area contributed by atoms with Crippen molar-refractivity contribution in [2.24, 2.45) is 4.99 Å². The minimum absolute atomic E-state index is 0.0572. The number of nitrogens with zero attached hydrogens (tertiary/aromatic N) is 1. The zero-order valence-electron chi connectivity index (χ0n) is 11.3. The van der Waals surface area contributed by atoms with Gasteiger partial charge < -0.3 is 19.6 Å². The number of hydrogen-bond donors (Lipinski definition) is 2. The first-order chi connectivity index (χ1) is 10.7. The van der Waals surface area contributed by atoms with Crippen molar-refractivity contribution in [3.05, 3.63) is 47.0 Å². The van der Waals surface area contributed by atoms with E-state index in [1.807, 2.05) is 18.2 Å². The molecular weight excluding hydrogens is 304 g/mol. The Balaban J connectivity index is 1.72. The van der Waals surface area contributed by atoms with Gasteiger partial charge in [0.05, 0.1) is 16.8 Å². The topological polar surface area (TPSA) is 66.8 Å². The number of ether oxygens (including phenoxy) is 2. The minimum atomic E-state index is 0.0572. The number of aromatic nitrogens is 1. The minimum Gasteiger partial charge on any atom is -0.494 e. The Bertz CT molecular complexity index is 902. The normalized spacial score (nSPS) is 13.3. The molecule has 0 radical (unpaired) electrons. The Morgan fingerprint density at radius 1 is 1.14 bits per heavy atom. The summed E-state index contributed by atoms with van der Waals surface area (Å²) in [4.78, 5) is 7.27. The van der Waals surface area contributed by atoms with Crippen LogP contribution >= 0.6 is 11.6 Å². The molecule has 0 bridgehead atoms. The molecule has 6 heteroatoms. The van der Waals surface area contributed by atoms with Crippen molar-refractivity contribution in [1.82, 2.24) is 4.98 Å². The molecule has 1 aliphatic rings. The second kappa shape index (κ2) is 4.96. The van der Waals surface area contributed by atoms with E-state index < -0.39 is 0 Å². The fourth-order valence-corrected chi connectivity index (χ4v) is 2.58. The average Bonchev–Trinajstić information content (AvgIpc) is 3.07. The Labute approximate surface area is 130 Å². The van der Waals surface area contributed by atoms with Crippen LogP contribution in [0.25, 0.3) is 10.9 Å².